The topological polar surface area (TPSA) is 50.1 Å². The zero-order chi connectivity index (χ0) is 12.3. The molecule has 2 rings (SSSR count). The second kappa shape index (κ2) is 4.68. The second-order valence-corrected chi connectivity index (χ2v) is 4.52. The maximum absolute atomic E-state index is 12.4. The number of nitriles is 1. The third-order valence-electron chi connectivity index (χ3n) is 3.26. The summed E-state index contributed by atoms with van der Waals surface area (Å²) in [4.78, 5) is 12.4. The molecule has 88 valence electrons. The highest BCUT2D eigenvalue weighted by atomic mass is 16.5. The molecule has 17 heavy (non-hydrogen) atoms. The van der Waals surface area contributed by atoms with Gasteiger partial charge in [0.1, 0.15) is 11.5 Å². The summed E-state index contributed by atoms with van der Waals surface area (Å²) in [6, 6.07) is 11.3. The summed E-state index contributed by atoms with van der Waals surface area (Å²) >= 11 is 0. The van der Waals surface area contributed by atoms with E-state index in [0.717, 1.165) is 12.0 Å². The minimum atomic E-state index is -0.782. The Bertz CT molecular complexity index is 441. The van der Waals surface area contributed by atoms with Crippen LogP contribution < -0.4 is 0 Å². The Labute approximate surface area is 101 Å². The molecule has 1 aliphatic rings. The molecule has 1 aromatic rings. The Morgan fingerprint density at radius 3 is 2.71 bits per heavy atom. The molecule has 0 aliphatic carbocycles. The van der Waals surface area contributed by atoms with Crippen LogP contribution in [0.15, 0.2) is 30.3 Å². The molecule has 1 aromatic carbocycles. The molecule has 0 spiro atoms. The lowest BCUT2D eigenvalue weighted by Crippen LogP contribution is -2.37. The minimum absolute atomic E-state index is 0.122. The Kier molecular flexibility index (Phi) is 3.26. The lowest BCUT2D eigenvalue weighted by molar-refractivity contribution is -0.137. The number of benzene rings is 1. The number of ketones is 1. The van der Waals surface area contributed by atoms with Crippen LogP contribution in [0, 0.1) is 11.3 Å². The fraction of sp³-hybridized carbons (Fsp3) is 0.429. The van der Waals surface area contributed by atoms with Gasteiger partial charge in [0.15, 0.2) is 5.78 Å². The van der Waals surface area contributed by atoms with E-state index in [4.69, 9.17) is 4.74 Å². The number of hydrogen-bond donors (Lipinski definition) is 0. The van der Waals surface area contributed by atoms with Gasteiger partial charge in [-0.3, -0.25) is 4.79 Å². The van der Waals surface area contributed by atoms with E-state index in [-0.39, 0.29) is 5.78 Å². The molecule has 0 radical (unpaired) electrons. The van der Waals surface area contributed by atoms with Crippen molar-refractivity contribution in [1.29, 1.82) is 5.26 Å². The number of ether oxygens (including phenoxy) is 1. The summed E-state index contributed by atoms with van der Waals surface area (Å²) in [7, 11) is 0. The zero-order valence-electron chi connectivity index (χ0n) is 9.85. The van der Waals surface area contributed by atoms with Crippen molar-refractivity contribution in [1.82, 2.24) is 0 Å². The van der Waals surface area contributed by atoms with Crippen molar-refractivity contribution in [2.45, 2.75) is 31.3 Å². The van der Waals surface area contributed by atoms with Gasteiger partial charge in [-0.05, 0) is 25.3 Å². The van der Waals surface area contributed by atoms with Gasteiger partial charge >= 0.3 is 0 Å². The predicted octanol–water partition coefficient (Wildman–Crippen LogP) is 2.43. The van der Waals surface area contributed by atoms with Crippen LogP contribution in [-0.4, -0.2) is 18.0 Å². The summed E-state index contributed by atoms with van der Waals surface area (Å²) < 4.78 is 5.51. The highest BCUT2D eigenvalue weighted by Gasteiger charge is 2.41. The van der Waals surface area contributed by atoms with Crippen molar-refractivity contribution in [3.63, 3.8) is 0 Å². The van der Waals surface area contributed by atoms with Crippen LogP contribution in [0.3, 0.4) is 0 Å². The molecule has 0 saturated carbocycles. The standard InChI is InChI=1S/C14H15NO2/c1-14(8-5-9-17-14)13(16)12(10-15)11-6-3-2-4-7-11/h2-4,6-7,12H,5,8-9H2,1H3. The number of nitrogens with zero attached hydrogens (tertiary/aromatic N) is 1. The molecular weight excluding hydrogens is 214 g/mol. The molecule has 2 unspecified atom stereocenters. The van der Waals surface area contributed by atoms with E-state index in [1.54, 1.807) is 6.92 Å². The molecule has 3 heteroatoms. The molecule has 0 bridgehead atoms. The first kappa shape index (κ1) is 11.8. The number of carbonyl (C=O) groups is 1. The Morgan fingerprint density at radius 2 is 2.18 bits per heavy atom. The van der Waals surface area contributed by atoms with Crippen LogP contribution in [0.2, 0.25) is 0 Å². The lowest BCUT2D eigenvalue weighted by atomic mass is 9.85. The number of rotatable bonds is 3. The average Bonchev–Trinajstić information content (AvgIpc) is 2.80. The van der Waals surface area contributed by atoms with Gasteiger partial charge in [0.05, 0.1) is 6.07 Å². The zero-order valence-corrected chi connectivity index (χ0v) is 9.85. The van der Waals surface area contributed by atoms with Crippen molar-refractivity contribution < 1.29 is 9.53 Å². The van der Waals surface area contributed by atoms with Crippen molar-refractivity contribution in [2.75, 3.05) is 6.61 Å². The summed E-state index contributed by atoms with van der Waals surface area (Å²) in [5.74, 6) is -0.844. The van der Waals surface area contributed by atoms with Gasteiger partial charge in [-0.1, -0.05) is 30.3 Å². The maximum Gasteiger partial charge on any atom is 0.185 e. The van der Waals surface area contributed by atoms with Gasteiger partial charge in [0.25, 0.3) is 0 Å². The Balaban J connectivity index is 2.26. The quantitative estimate of drug-likeness (QED) is 0.799. The molecule has 2 atom stereocenters. The molecule has 0 aromatic heterocycles. The van der Waals surface area contributed by atoms with E-state index in [1.807, 2.05) is 30.3 Å². The normalized spacial score (nSPS) is 25.2. The van der Waals surface area contributed by atoms with E-state index in [0.29, 0.717) is 13.0 Å². The third-order valence-corrected chi connectivity index (χ3v) is 3.26. The monoisotopic (exact) mass is 229 g/mol. The predicted molar refractivity (Wildman–Crippen MR) is 63.4 cm³/mol. The molecule has 3 nitrogen and oxygen atoms in total. The summed E-state index contributed by atoms with van der Waals surface area (Å²) in [6.07, 6.45) is 1.59. The van der Waals surface area contributed by atoms with Gasteiger partial charge in [-0.15, -0.1) is 0 Å². The highest BCUT2D eigenvalue weighted by molar-refractivity contribution is 5.95. The molecule has 0 amide bonds. The Hall–Kier alpha value is -1.66. The average molecular weight is 229 g/mol. The van der Waals surface area contributed by atoms with E-state index in [9.17, 15) is 10.1 Å². The van der Waals surface area contributed by atoms with Crippen LogP contribution >= 0.6 is 0 Å². The van der Waals surface area contributed by atoms with Crippen molar-refractivity contribution >= 4 is 5.78 Å². The number of Topliss-reactive ketones (excluding diaryl/α,β-unsaturated/α-hetero) is 1. The summed E-state index contributed by atoms with van der Waals surface area (Å²) in [6.45, 7) is 2.39. The van der Waals surface area contributed by atoms with Gasteiger partial charge < -0.3 is 4.74 Å². The van der Waals surface area contributed by atoms with Crippen molar-refractivity contribution in [3.05, 3.63) is 35.9 Å². The highest BCUT2D eigenvalue weighted by Crippen LogP contribution is 2.32. The second-order valence-electron chi connectivity index (χ2n) is 4.52. The molecular formula is C14H15NO2. The van der Waals surface area contributed by atoms with Gasteiger partial charge in [0.2, 0.25) is 0 Å². The smallest absolute Gasteiger partial charge is 0.185 e. The fourth-order valence-electron chi connectivity index (χ4n) is 2.21. The lowest BCUT2D eigenvalue weighted by Gasteiger charge is -2.24. The van der Waals surface area contributed by atoms with Crippen LogP contribution in [-0.2, 0) is 9.53 Å². The van der Waals surface area contributed by atoms with Crippen LogP contribution in [0.5, 0.6) is 0 Å². The van der Waals surface area contributed by atoms with Gasteiger partial charge in [-0.2, -0.15) is 5.26 Å². The van der Waals surface area contributed by atoms with Gasteiger partial charge in [0, 0.05) is 6.61 Å². The first-order chi connectivity index (χ1) is 8.17. The summed E-state index contributed by atoms with van der Waals surface area (Å²) in [5, 5.41) is 9.20. The molecule has 1 fully saturated rings. The van der Waals surface area contributed by atoms with Crippen molar-refractivity contribution in [3.8, 4) is 6.07 Å². The van der Waals surface area contributed by atoms with E-state index >= 15 is 0 Å². The fourth-order valence-corrected chi connectivity index (χ4v) is 2.21. The van der Waals surface area contributed by atoms with Crippen LogP contribution in [0.1, 0.15) is 31.2 Å². The molecule has 1 heterocycles. The SMILES string of the molecule is CC1(C(=O)C(C#N)c2ccccc2)CCCO1. The van der Waals surface area contributed by atoms with E-state index in [1.165, 1.54) is 0 Å². The van der Waals surface area contributed by atoms with Crippen molar-refractivity contribution in [2.24, 2.45) is 0 Å². The first-order valence-electron chi connectivity index (χ1n) is 5.80. The van der Waals surface area contributed by atoms with E-state index in [2.05, 4.69) is 6.07 Å². The largest absolute Gasteiger partial charge is 0.367 e. The number of hydrogen-bond acceptors (Lipinski definition) is 3. The minimum Gasteiger partial charge on any atom is -0.367 e. The van der Waals surface area contributed by atoms with Crippen LogP contribution in [0.4, 0.5) is 0 Å². The summed E-state index contributed by atoms with van der Waals surface area (Å²) in [5.41, 5.74) is -0.0345. The van der Waals surface area contributed by atoms with Crippen LogP contribution in [0.25, 0.3) is 0 Å². The molecule has 1 aliphatic heterocycles. The first-order valence-corrected chi connectivity index (χ1v) is 5.80. The van der Waals surface area contributed by atoms with Gasteiger partial charge in [-0.25, -0.2) is 0 Å². The maximum atomic E-state index is 12.4. The Morgan fingerprint density at radius 1 is 1.47 bits per heavy atom. The van der Waals surface area contributed by atoms with E-state index < -0.39 is 11.5 Å². The molecule has 1 saturated heterocycles. The third kappa shape index (κ3) is 2.22. The molecule has 0 N–H and O–H groups in total. The number of carbonyl (C=O) groups excluding carboxylic acids is 1.